The quantitative estimate of drug-likeness (QED) is 0.647. The topological polar surface area (TPSA) is 84.3 Å². The van der Waals surface area contributed by atoms with Crippen LogP contribution in [-0.2, 0) is 11.2 Å². The molecule has 7 nitrogen and oxygen atoms in total. The molecule has 3 amide bonds. The van der Waals surface area contributed by atoms with Gasteiger partial charge in [0.25, 0.3) is 11.8 Å². The Morgan fingerprint density at radius 1 is 1.03 bits per heavy atom. The number of amides is 3. The number of hydrogen-bond donors (Lipinski definition) is 1. The zero-order valence-corrected chi connectivity index (χ0v) is 18.0. The first-order valence-electron chi connectivity index (χ1n) is 10.7. The van der Waals surface area contributed by atoms with Gasteiger partial charge in [-0.3, -0.25) is 19.3 Å². The van der Waals surface area contributed by atoms with Crippen molar-refractivity contribution in [2.24, 2.45) is 5.41 Å². The van der Waals surface area contributed by atoms with Crippen LogP contribution in [0.15, 0.2) is 60.8 Å². The molecule has 1 aliphatic heterocycles. The summed E-state index contributed by atoms with van der Waals surface area (Å²) in [6.07, 6.45) is 3.39. The van der Waals surface area contributed by atoms with E-state index in [2.05, 4.69) is 24.3 Å². The van der Waals surface area contributed by atoms with Crippen LogP contribution in [0.3, 0.4) is 0 Å². The van der Waals surface area contributed by atoms with Gasteiger partial charge in [-0.1, -0.05) is 44.2 Å². The molecule has 0 fully saturated rings. The van der Waals surface area contributed by atoms with Crippen LogP contribution in [-0.4, -0.2) is 38.9 Å². The maximum atomic E-state index is 12.9. The van der Waals surface area contributed by atoms with Crippen molar-refractivity contribution in [3.8, 4) is 5.69 Å². The van der Waals surface area contributed by atoms with E-state index in [0.29, 0.717) is 11.1 Å². The molecule has 1 aromatic heterocycles. The first-order chi connectivity index (χ1) is 15.3. The second kappa shape index (κ2) is 7.44. The van der Waals surface area contributed by atoms with Crippen molar-refractivity contribution in [1.29, 1.82) is 0 Å². The SMILES string of the molecule is CC1(C)Cc2c(cnn2-c2ccccc2)C(NC(=O)CN2C(=O)c3ccccc3C2=O)C1. The van der Waals surface area contributed by atoms with Crippen molar-refractivity contribution >= 4 is 17.7 Å². The monoisotopic (exact) mass is 428 g/mol. The van der Waals surface area contributed by atoms with Crippen LogP contribution in [0.2, 0.25) is 0 Å². The van der Waals surface area contributed by atoms with Crippen molar-refractivity contribution in [1.82, 2.24) is 20.0 Å². The van der Waals surface area contributed by atoms with Crippen molar-refractivity contribution in [3.63, 3.8) is 0 Å². The number of para-hydroxylation sites is 1. The van der Waals surface area contributed by atoms with Gasteiger partial charge < -0.3 is 5.32 Å². The van der Waals surface area contributed by atoms with Crippen LogP contribution in [0.4, 0.5) is 0 Å². The lowest BCUT2D eigenvalue weighted by Crippen LogP contribution is -2.43. The number of imide groups is 1. The van der Waals surface area contributed by atoms with Crippen LogP contribution >= 0.6 is 0 Å². The Morgan fingerprint density at radius 3 is 2.31 bits per heavy atom. The number of rotatable bonds is 4. The van der Waals surface area contributed by atoms with Crippen molar-refractivity contribution in [2.75, 3.05) is 6.54 Å². The molecule has 0 radical (unpaired) electrons. The van der Waals surface area contributed by atoms with Gasteiger partial charge in [0, 0.05) is 5.56 Å². The van der Waals surface area contributed by atoms with Crippen molar-refractivity contribution < 1.29 is 14.4 Å². The van der Waals surface area contributed by atoms with E-state index in [0.717, 1.165) is 34.7 Å². The Morgan fingerprint density at radius 2 is 1.66 bits per heavy atom. The smallest absolute Gasteiger partial charge is 0.262 e. The predicted molar refractivity (Wildman–Crippen MR) is 118 cm³/mol. The normalized spacial score (nSPS) is 18.9. The number of hydrogen-bond acceptors (Lipinski definition) is 4. The minimum Gasteiger partial charge on any atom is -0.348 e. The molecule has 0 saturated carbocycles. The Bertz CT molecular complexity index is 1190. The number of nitrogens with zero attached hydrogens (tertiary/aromatic N) is 3. The number of fused-ring (bicyclic) bond motifs is 2. The molecule has 7 heteroatoms. The van der Waals surface area contributed by atoms with Crippen LogP contribution in [0.25, 0.3) is 5.69 Å². The molecule has 0 bridgehead atoms. The summed E-state index contributed by atoms with van der Waals surface area (Å²) < 4.78 is 1.93. The number of nitrogens with one attached hydrogen (secondary N) is 1. The summed E-state index contributed by atoms with van der Waals surface area (Å²) in [5.74, 6) is -1.22. The van der Waals surface area contributed by atoms with Crippen LogP contribution < -0.4 is 5.32 Å². The fourth-order valence-electron chi connectivity index (χ4n) is 4.73. The molecule has 3 aromatic rings. The number of carbonyl (C=O) groups is 3. The lowest BCUT2D eigenvalue weighted by atomic mass is 9.74. The molecular formula is C25H24N4O3. The highest BCUT2D eigenvalue weighted by Gasteiger charge is 2.39. The molecule has 1 unspecified atom stereocenters. The van der Waals surface area contributed by atoms with Gasteiger partial charge >= 0.3 is 0 Å². The fraction of sp³-hybridized carbons (Fsp3) is 0.280. The van der Waals surface area contributed by atoms with Crippen LogP contribution in [0.5, 0.6) is 0 Å². The highest BCUT2D eigenvalue weighted by molar-refractivity contribution is 6.22. The summed E-state index contributed by atoms with van der Waals surface area (Å²) in [7, 11) is 0. The zero-order valence-electron chi connectivity index (χ0n) is 18.0. The van der Waals surface area contributed by atoms with Gasteiger partial charge in [-0.2, -0.15) is 5.10 Å². The second-order valence-electron chi connectivity index (χ2n) is 9.20. The van der Waals surface area contributed by atoms with Gasteiger partial charge in [-0.25, -0.2) is 4.68 Å². The minimum atomic E-state index is -0.428. The first kappa shape index (κ1) is 20.2. The van der Waals surface area contributed by atoms with Gasteiger partial charge in [0.05, 0.1) is 34.7 Å². The second-order valence-corrected chi connectivity index (χ2v) is 9.20. The van der Waals surface area contributed by atoms with E-state index in [1.165, 1.54) is 0 Å². The molecular weight excluding hydrogens is 404 g/mol. The van der Waals surface area contributed by atoms with Gasteiger partial charge in [0.2, 0.25) is 5.91 Å². The summed E-state index contributed by atoms with van der Waals surface area (Å²) in [5, 5.41) is 7.64. The standard InChI is InChI=1S/C25H24N4O3/c1-25(2)12-20(19-14-26-29(21(19)13-25)16-8-4-3-5-9-16)27-22(30)15-28-23(31)17-10-6-7-11-18(17)24(28)32/h3-11,14,20H,12-13,15H2,1-2H3,(H,27,30). The maximum Gasteiger partial charge on any atom is 0.262 e. The highest BCUT2D eigenvalue weighted by atomic mass is 16.2. The van der Waals surface area contributed by atoms with E-state index >= 15 is 0 Å². The summed E-state index contributed by atoms with van der Waals surface area (Å²) in [5.41, 5.74) is 3.66. The third-order valence-electron chi connectivity index (χ3n) is 6.20. The lowest BCUT2D eigenvalue weighted by Gasteiger charge is -2.36. The van der Waals surface area contributed by atoms with E-state index in [9.17, 15) is 14.4 Å². The van der Waals surface area contributed by atoms with E-state index in [4.69, 9.17) is 0 Å². The van der Waals surface area contributed by atoms with E-state index in [1.54, 1.807) is 24.3 Å². The molecule has 2 aliphatic rings. The third-order valence-corrected chi connectivity index (χ3v) is 6.20. The average Bonchev–Trinajstić information content (AvgIpc) is 3.29. The van der Waals surface area contributed by atoms with E-state index in [-0.39, 0.29) is 23.9 Å². The number of aromatic nitrogens is 2. The predicted octanol–water partition coefficient (Wildman–Crippen LogP) is 3.30. The molecule has 2 aromatic carbocycles. The first-order valence-corrected chi connectivity index (χ1v) is 10.7. The molecule has 1 N–H and O–H groups in total. The van der Waals surface area contributed by atoms with Gasteiger partial charge in [-0.15, -0.1) is 0 Å². The molecule has 0 saturated heterocycles. The highest BCUT2D eigenvalue weighted by Crippen LogP contribution is 2.41. The third kappa shape index (κ3) is 3.39. The fourth-order valence-corrected chi connectivity index (χ4v) is 4.73. The largest absolute Gasteiger partial charge is 0.348 e. The minimum absolute atomic E-state index is 0.0486. The average molecular weight is 428 g/mol. The summed E-state index contributed by atoms with van der Waals surface area (Å²) >= 11 is 0. The summed E-state index contributed by atoms with van der Waals surface area (Å²) in [4.78, 5) is 39.2. The van der Waals surface area contributed by atoms with Gasteiger partial charge in [0.1, 0.15) is 6.54 Å². The summed E-state index contributed by atoms with van der Waals surface area (Å²) in [6, 6.07) is 16.3. The molecule has 1 atom stereocenters. The number of benzene rings is 2. The van der Waals surface area contributed by atoms with E-state index in [1.807, 2.05) is 41.2 Å². The number of carbonyl (C=O) groups excluding carboxylic acids is 3. The zero-order chi connectivity index (χ0) is 22.5. The van der Waals surface area contributed by atoms with Crippen LogP contribution in [0.1, 0.15) is 58.3 Å². The molecule has 5 rings (SSSR count). The van der Waals surface area contributed by atoms with Gasteiger partial charge in [-0.05, 0) is 42.5 Å². The van der Waals surface area contributed by atoms with Crippen LogP contribution in [0, 0.1) is 5.41 Å². The van der Waals surface area contributed by atoms with E-state index < -0.39 is 11.8 Å². The Balaban J connectivity index is 1.37. The molecule has 1 aliphatic carbocycles. The Kier molecular flexibility index (Phi) is 4.69. The maximum absolute atomic E-state index is 12.9. The van der Waals surface area contributed by atoms with Gasteiger partial charge in [0.15, 0.2) is 0 Å². The summed E-state index contributed by atoms with van der Waals surface area (Å²) in [6.45, 7) is 4.04. The molecule has 0 spiro atoms. The van der Waals surface area contributed by atoms with Crippen molar-refractivity contribution in [3.05, 3.63) is 83.2 Å². The molecule has 2 heterocycles. The Labute approximate surface area is 186 Å². The molecule has 162 valence electrons. The Hall–Kier alpha value is -3.74. The lowest BCUT2D eigenvalue weighted by molar-refractivity contribution is -0.122. The van der Waals surface area contributed by atoms with Crippen molar-refractivity contribution in [2.45, 2.75) is 32.7 Å². The molecule has 32 heavy (non-hydrogen) atoms.